The van der Waals surface area contributed by atoms with Gasteiger partial charge in [-0.1, -0.05) is 6.92 Å². The molecule has 1 rings (SSSR count). The van der Waals surface area contributed by atoms with Gasteiger partial charge in [-0.15, -0.1) is 11.6 Å². The first-order chi connectivity index (χ1) is 4.74. The number of hydrogen-bond donors (Lipinski definition) is 0. The van der Waals surface area contributed by atoms with Crippen molar-refractivity contribution in [3.63, 3.8) is 0 Å². The van der Waals surface area contributed by atoms with Crippen LogP contribution >= 0.6 is 0 Å². The molecule has 0 unspecified atom stereocenters. The average Bonchev–Trinajstić information content (AvgIpc) is 1.88. The molecule has 0 aliphatic rings. The Hall–Kier alpha value is -0.552. The van der Waals surface area contributed by atoms with E-state index in [1.165, 1.54) is 0 Å². The summed E-state index contributed by atoms with van der Waals surface area (Å²) in [4.78, 5) is 10.2. The molecule has 2 heteroatoms. The summed E-state index contributed by atoms with van der Waals surface area (Å²) >= 11 is 0. The average molecular weight is 316 g/mol. The van der Waals surface area contributed by atoms with Crippen molar-refractivity contribution < 1.29 is 25.9 Å². The number of carbonyl (C=O) groups excluding carboxylic acids is 1. The third kappa shape index (κ3) is 2.51. The molecule has 0 aliphatic heterocycles. The summed E-state index contributed by atoms with van der Waals surface area (Å²) in [6.45, 7) is 5.65. The second-order valence-electron chi connectivity index (χ2n) is 2.26. The van der Waals surface area contributed by atoms with Crippen LogP contribution in [0.5, 0.6) is 0 Å². The Labute approximate surface area is 81.1 Å². The first-order valence-electron chi connectivity index (χ1n) is 3.05. The molecule has 0 radical (unpaired) electrons. The van der Waals surface area contributed by atoms with Crippen LogP contribution in [0, 0.1) is 13.8 Å². The van der Waals surface area contributed by atoms with E-state index in [1.807, 2.05) is 25.3 Å². The van der Waals surface area contributed by atoms with Gasteiger partial charge in [-0.05, 0) is 6.29 Å². The molecule has 56 valence electrons. The predicted molar refractivity (Wildman–Crippen MR) is 40.4 cm³/mol. The minimum atomic E-state index is 0. The molecule has 0 spiro atoms. The summed E-state index contributed by atoms with van der Waals surface area (Å²) in [5, 5.41) is 0. The summed E-state index contributed by atoms with van der Waals surface area (Å²) in [7, 11) is 0. The Bertz CT molecular complexity index is 256. The van der Waals surface area contributed by atoms with E-state index < -0.39 is 0 Å². The van der Waals surface area contributed by atoms with Crippen LogP contribution in [-0.2, 0) is 25.9 Å². The van der Waals surface area contributed by atoms with Crippen molar-refractivity contribution >= 4 is 6.29 Å². The SMILES string of the molecule is [CH2-]c1cc(C)ccc1[C-]=O.[W+2]. The minimum Gasteiger partial charge on any atom is -0.391 e. The van der Waals surface area contributed by atoms with E-state index in [0.29, 0.717) is 5.56 Å². The van der Waals surface area contributed by atoms with Gasteiger partial charge in [-0.25, -0.2) is 12.1 Å². The van der Waals surface area contributed by atoms with Gasteiger partial charge in [0.05, 0.1) is 0 Å². The molecule has 0 atom stereocenters. The van der Waals surface area contributed by atoms with Crippen molar-refractivity contribution in [1.29, 1.82) is 0 Å². The minimum absolute atomic E-state index is 0. The smallest absolute Gasteiger partial charge is 0.391 e. The molecule has 0 bridgehead atoms. The van der Waals surface area contributed by atoms with Crippen LogP contribution in [0.4, 0.5) is 0 Å². The van der Waals surface area contributed by atoms with Crippen LogP contribution in [-0.4, -0.2) is 6.29 Å². The largest absolute Gasteiger partial charge is 2.00 e. The molecule has 11 heavy (non-hydrogen) atoms. The topological polar surface area (TPSA) is 17.1 Å². The van der Waals surface area contributed by atoms with Crippen molar-refractivity contribution in [2.45, 2.75) is 6.92 Å². The van der Waals surface area contributed by atoms with Crippen LogP contribution in [0.1, 0.15) is 16.7 Å². The first-order valence-corrected chi connectivity index (χ1v) is 3.05. The van der Waals surface area contributed by atoms with Crippen LogP contribution < -0.4 is 0 Å². The molecule has 1 aromatic rings. The third-order valence-corrected chi connectivity index (χ3v) is 1.37. The van der Waals surface area contributed by atoms with E-state index in [2.05, 4.69) is 6.92 Å². The van der Waals surface area contributed by atoms with Gasteiger partial charge < -0.3 is 4.79 Å². The fourth-order valence-corrected chi connectivity index (χ4v) is 0.822. The van der Waals surface area contributed by atoms with E-state index in [-0.39, 0.29) is 21.1 Å². The molecule has 1 nitrogen and oxygen atoms in total. The van der Waals surface area contributed by atoms with Gasteiger partial charge in [0, 0.05) is 0 Å². The standard InChI is InChI=1S/C9H8O.W/c1-7-3-4-9(6-10)8(2)5-7;/h3-5H,2H2,1H3;/q-2;+2. The molecule has 0 saturated carbocycles. The van der Waals surface area contributed by atoms with Crippen molar-refractivity contribution in [1.82, 2.24) is 0 Å². The molecule has 0 fully saturated rings. The van der Waals surface area contributed by atoms with Crippen LogP contribution in [0.3, 0.4) is 0 Å². The van der Waals surface area contributed by atoms with Crippen LogP contribution in [0.2, 0.25) is 0 Å². The predicted octanol–water partition coefficient (Wildman–Crippen LogP) is 1.63. The van der Waals surface area contributed by atoms with Gasteiger partial charge in [0.25, 0.3) is 0 Å². The second-order valence-corrected chi connectivity index (χ2v) is 2.26. The van der Waals surface area contributed by atoms with Crippen molar-refractivity contribution in [3.05, 3.63) is 41.8 Å². The van der Waals surface area contributed by atoms with E-state index in [1.54, 1.807) is 6.07 Å². The van der Waals surface area contributed by atoms with Crippen LogP contribution in [0.15, 0.2) is 18.2 Å². The fraction of sp³-hybridized carbons (Fsp3) is 0.111. The van der Waals surface area contributed by atoms with E-state index >= 15 is 0 Å². The summed E-state index contributed by atoms with van der Waals surface area (Å²) in [6.07, 6.45) is 1.81. The summed E-state index contributed by atoms with van der Waals surface area (Å²) < 4.78 is 0. The van der Waals surface area contributed by atoms with Gasteiger partial charge in [0.1, 0.15) is 0 Å². The molecule has 1 aromatic carbocycles. The molecule has 0 N–H and O–H groups in total. The van der Waals surface area contributed by atoms with Crippen molar-refractivity contribution in [2.24, 2.45) is 0 Å². The van der Waals surface area contributed by atoms with Gasteiger partial charge in [-0.2, -0.15) is 0 Å². The molecular formula is C9H8OW. The molecule has 0 amide bonds. The summed E-state index contributed by atoms with van der Waals surface area (Å²) in [5.74, 6) is 0. The maximum Gasteiger partial charge on any atom is 2.00 e. The Kier molecular flexibility index (Phi) is 4.13. The monoisotopic (exact) mass is 316 g/mol. The van der Waals surface area contributed by atoms with Crippen molar-refractivity contribution in [3.8, 4) is 0 Å². The molecule has 0 saturated heterocycles. The van der Waals surface area contributed by atoms with E-state index in [9.17, 15) is 4.79 Å². The number of rotatable bonds is 1. The quantitative estimate of drug-likeness (QED) is 0.720. The zero-order valence-electron chi connectivity index (χ0n) is 6.26. The summed E-state index contributed by atoms with van der Waals surface area (Å²) in [6, 6.07) is 5.46. The zero-order valence-corrected chi connectivity index (χ0v) is 9.19. The molecular weight excluding hydrogens is 308 g/mol. The van der Waals surface area contributed by atoms with Gasteiger partial charge in [-0.3, -0.25) is 18.1 Å². The Morgan fingerprint density at radius 3 is 2.55 bits per heavy atom. The molecule has 0 heterocycles. The summed E-state index contributed by atoms with van der Waals surface area (Å²) in [5.41, 5.74) is 2.41. The van der Waals surface area contributed by atoms with Gasteiger partial charge in [0.2, 0.25) is 0 Å². The van der Waals surface area contributed by atoms with Gasteiger partial charge >= 0.3 is 21.1 Å². The second kappa shape index (κ2) is 4.35. The molecule has 0 aromatic heterocycles. The number of benzene rings is 1. The zero-order chi connectivity index (χ0) is 7.56. The Balaban J connectivity index is 0.000001000. The van der Waals surface area contributed by atoms with Crippen molar-refractivity contribution in [2.75, 3.05) is 0 Å². The van der Waals surface area contributed by atoms with E-state index in [4.69, 9.17) is 0 Å². The van der Waals surface area contributed by atoms with Gasteiger partial charge in [0.15, 0.2) is 0 Å². The fourth-order valence-electron chi connectivity index (χ4n) is 0.822. The number of hydrogen-bond acceptors (Lipinski definition) is 1. The first kappa shape index (κ1) is 10.4. The number of aryl methyl sites for hydroxylation is 1. The third-order valence-electron chi connectivity index (χ3n) is 1.37. The van der Waals surface area contributed by atoms with E-state index in [0.717, 1.165) is 11.1 Å². The maximum absolute atomic E-state index is 10.2. The van der Waals surface area contributed by atoms with Crippen LogP contribution in [0.25, 0.3) is 0 Å². The normalized spacial score (nSPS) is 8.45. The maximum atomic E-state index is 10.2. The molecule has 0 aliphatic carbocycles. The Morgan fingerprint density at radius 1 is 1.45 bits per heavy atom. The Morgan fingerprint density at radius 2 is 2.09 bits per heavy atom.